The number of nitrogen functional groups attached to an aromatic ring is 1. The molecule has 100 valence electrons. The van der Waals surface area contributed by atoms with Gasteiger partial charge in [0.1, 0.15) is 5.69 Å². The summed E-state index contributed by atoms with van der Waals surface area (Å²) < 4.78 is 31.3. The summed E-state index contributed by atoms with van der Waals surface area (Å²) in [6.07, 6.45) is 1.59. The van der Waals surface area contributed by atoms with E-state index in [2.05, 4.69) is 10.1 Å². The van der Waals surface area contributed by atoms with Gasteiger partial charge in [0.05, 0.1) is 11.3 Å². The number of halogens is 2. The molecule has 0 bridgehead atoms. The minimum atomic E-state index is -0.962. The number of pyridine rings is 1. The summed E-state index contributed by atoms with van der Waals surface area (Å²) in [5.74, 6) is -1.82. The van der Waals surface area contributed by atoms with Gasteiger partial charge >= 0.3 is 0 Å². The molecule has 0 radical (unpaired) electrons. The Balaban J connectivity index is 2.18. The van der Waals surface area contributed by atoms with Crippen molar-refractivity contribution in [3.05, 3.63) is 54.2 Å². The lowest BCUT2D eigenvalue weighted by atomic mass is 10.0. The molecule has 2 heterocycles. The summed E-state index contributed by atoms with van der Waals surface area (Å²) in [5, 5.41) is 3.80. The molecule has 2 N–H and O–H groups in total. The van der Waals surface area contributed by atoms with Gasteiger partial charge in [0.25, 0.3) is 0 Å². The molecule has 3 rings (SSSR count). The first-order valence-corrected chi connectivity index (χ1v) is 5.79. The molecule has 0 aliphatic carbocycles. The second kappa shape index (κ2) is 4.73. The molecule has 0 aliphatic heterocycles. The van der Waals surface area contributed by atoms with Crippen molar-refractivity contribution in [1.29, 1.82) is 0 Å². The number of nitrogens with two attached hydrogens (primary N) is 1. The van der Waals surface area contributed by atoms with Gasteiger partial charge in [0.15, 0.2) is 11.6 Å². The monoisotopic (exact) mass is 273 g/mol. The summed E-state index contributed by atoms with van der Waals surface area (Å²) in [5.41, 5.74) is 7.43. The Bertz CT molecular complexity index is 756. The summed E-state index contributed by atoms with van der Waals surface area (Å²) in [6.45, 7) is 0. The fourth-order valence-corrected chi connectivity index (χ4v) is 1.90. The van der Waals surface area contributed by atoms with Crippen LogP contribution in [0.1, 0.15) is 0 Å². The first-order valence-electron chi connectivity index (χ1n) is 5.79. The van der Waals surface area contributed by atoms with E-state index in [9.17, 15) is 8.78 Å². The maximum Gasteiger partial charge on any atom is 0.232 e. The van der Waals surface area contributed by atoms with Crippen LogP contribution in [0.2, 0.25) is 0 Å². The molecule has 0 atom stereocenters. The molecule has 6 heteroatoms. The molecule has 3 aromatic rings. The number of benzene rings is 1. The van der Waals surface area contributed by atoms with Crippen molar-refractivity contribution >= 4 is 5.88 Å². The van der Waals surface area contributed by atoms with Crippen LogP contribution in [0.3, 0.4) is 0 Å². The molecule has 2 aromatic heterocycles. The average molecular weight is 273 g/mol. The van der Waals surface area contributed by atoms with Crippen molar-refractivity contribution < 1.29 is 13.3 Å². The maximum atomic E-state index is 13.3. The number of aromatic nitrogens is 2. The fraction of sp³-hybridized carbons (Fsp3) is 0. The zero-order chi connectivity index (χ0) is 14.1. The first-order chi connectivity index (χ1) is 9.66. The Labute approximate surface area is 112 Å². The van der Waals surface area contributed by atoms with Gasteiger partial charge in [-0.1, -0.05) is 11.2 Å². The third kappa shape index (κ3) is 2.01. The third-order valence-electron chi connectivity index (χ3n) is 2.83. The smallest absolute Gasteiger partial charge is 0.232 e. The Morgan fingerprint density at radius 1 is 1.05 bits per heavy atom. The molecule has 0 aliphatic rings. The number of rotatable bonds is 2. The maximum absolute atomic E-state index is 13.3. The van der Waals surface area contributed by atoms with E-state index in [4.69, 9.17) is 10.3 Å². The van der Waals surface area contributed by atoms with Gasteiger partial charge in [-0.05, 0) is 30.3 Å². The fourth-order valence-electron chi connectivity index (χ4n) is 1.90. The van der Waals surface area contributed by atoms with Crippen LogP contribution in [0.25, 0.3) is 22.5 Å². The summed E-state index contributed by atoms with van der Waals surface area (Å²) in [6, 6.07) is 8.74. The van der Waals surface area contributed by atoms with Gasteiger partial charge in [-0.2, -0.15) is 0 Å². The first kappa shape index (κ1) is 12.3. The van der Waals surface area contributed by atoms with Crippen LogP contribution in [0.4, 0.5) is 14.7 Å². The van der Waals surface area contributed by atoms with E-state index in [1.54, 1.807) is 24.4 Å². The van der Waals surface area contributed by atoms with Gasteiger partial charge in [0.2, 0.25) is 5.88 Å². The van der Waals surface area contributed by atoms with Crippen LogP contribution in [-0.2, 0) is 0 Å². The van der Waals surface area contributed by atoms with Crippen molar-refractivity contribution in [3.8, 4) is 22.5 Å². The van der Waals surface area contributed by atoms with E-state index < -0.39 is 11.6 Å². The summed E-state index contributed by atoms with van der Waals surface area (Å²) in [7, 11) is 0. The van der Waals surface area contributed by atoms with Gasteiger partial charge < -0.3 is 10.3 Å². The van der Waals surface area contributed by atoms with Gasteiger partial charge in [-0.15, -0.1) is 0 Å². The lowest BCUT2D eigenvalue weighted by molar-refractivity contribution is 0.439. The third-order valence-corrected chi connectivity index (χ3v) is 2.83. The number of anilines is 1. The van der Waals surface area contributed by atoms with Crippen molar-refractivity contribution in [1.82, 2.24) is 10.1 Å². The summed E-state index contributed by atoms with van der Waals surface area (Å²) in [4.78, 5) is 4.16. The predicted molar refractivity (Wildman–Crippen MR) is 69.5 cm³/mol. The molecule has 4 nitrogen and oxygen atoms in total. The van der Waals surface area contributed by atoms with Crippen molar-refractivity contribution in [2.45, 2.75) is 0 Å². The highest BCUT2D eigenvalue weighted by Gasteiger charge is 2.19. The lowest BCUT2D eigenvalue weighted by Gasteiger charge is -2.02. The second-order valence-corrected chi connectivity index (χ2v) is 4.11. The summed E-state index contributed by atoms with van der Waals surface area (Å²) >= 11 is 0. The van der Waals surface area contributed by atoms with E-state index in [0.717, 1.165) is 12.1 Å². The zero-order valence-electron chi connectivity index (χ0n) is 10.2. The van der Waals surface area contributed by atoms with Crippen LogP contribution in [0.15, 0.2) is 47.1 Å². The predicted octanol–water partition coefficient (Wildman–Crippen LogP) is 3.26. The molecular weight excluding hydrogens is 264 g/mol. The molecule has 0 saturated heterocycles. The Morgan fingerprint density at radius 2 is 1.90 bits per heavy atom. The minimum absolute atomic E-state index is 0.0726. The topological polar surface area (TPSA) is 64.9 Å². The number of hydrogen-bond acceptors (Lipinski definition) is 4. The quantitative estimate of drug-likeness (QED) is 0.778. The number of nitrogens with zero attached hydrogens (tertiary/aromatic N) is 2. The van der Waals surface area contributed by atoms with Gasteiger partial charge in [-0.25, -0.2) is 8.78 Å². The standard InChI is InChI=1S/C14H9F2N3O/c15-9-5-4-8(7-10(9)16)13-12(14(17)20-19-13)11-3-1-2-6-18-11/h1-7H,17H2. The highest BCUT2D eigenvalue weighted by Crippen LogP contribution is 2.35. The van der Waals surface area contributed by atoms with Crippen LogP contribution in [-0.4, -0.2) is 10.1 Å². The van der Waals surface area contributed by atoms with Crippen LogP contribution >= 0.6 is 0 Å². The molecule has 0 fully saturated rings. The number of hydrogen-bond donors (Lipinski definition) is 1. The molecule has 0 amide bonds. The van der Waals surface area contributed by atoms with Crippen LogP contribution in [0.5, 0.6) is 0 Å². The molecule has 1 aromatic carbocycles. The van der Waals surface area contributed by atoms with Crippen molar-refractivity contribution in [3.63, 3.8) is 0 Å². The van der Waals surface area contributed by atoms with E-state index in [-0.39, 0.29) is 5.88 Å². The molecular formula is C14H9F2N3O. The lowest BCUT2D eigenvalue weighted by Crippen LogP contribution is -1.91. The molecule has 0 spiro atoms. The van der Waals surface area contributed by atoms with Crippen LogP contribution < -0.4 is 5.73 Å². The Kier molecular flexibility index (Phi) is 2.90. The van der Waals surface area contributed by atoms with E-state index in [0.29, 0.717) is 22.5 Å². The minimum Gasteiger partial charge on any atom is -0.367 e. The highest BCUT2D eigenvalue weighted by molar-refractivity contribution is 5.85. The largest absolute Gasteiger partial charge is 0.367 e. The van der Waals surface area contributed by atoms with E-state index >= 15 is 0 Å². The molecule has 20 heavy (non-hydrogen) atoms. The Hall–Kier alpha value is -2.76. The highest BCUT2D eigenvalue weighted by atomic mass is 19.2. The van der Waals surface area contributed by atoms with Crippen molar-refractivity contribution in [2.24, 2.45) is 0 Å². The SMILES string of the molecule is Nc1onc(-c2ccc(F)c(F)c2)c1-c1ccccn1. The normalized spacial score (nSPS) is 10.7. The zero-order valence-corrected chi connectivity index (χ0v) is 10.2. The average Bonchev–Trinajstić information content (AvgIpc) is 2.85. The van der Waals surface area contributed by atoms with Crippen molar-refractivity contribution in [2.75, 3.05) is 5.73 Å². The van der Waals surface area contributed by atoms with Gasteiger partial charge in [0, 0.05) is 11.8 Å². The van der Waals surface area contributed by atoms with E-state index in [1.807, 2.05) is 0 Å². The Morgan fingerprint density at radius 3 is 2.60 bits per heavy atom. The van der Waals surface area contributed by atoms with Gasteiger partial charge in [-0.3, -0.25) is 4.98 Å². The van der Waals surface area contributed by atoms with E-state index in [1.165, 1.54) is 6.07 Å². The molecule has 0 unspecified atom stereocenters. The second-order valence-electron chi connectivity index (χ2n) is 4.11. The van der Waals surface area contributed by atoms with Crippen LogP contribution in [0, 0.1) is 11.6 Å². The molecule has 0 saturated carbocycles.